The average Bonchev–Trinajstić information content (AvgIpc) is 2.39. The molecule has 2 N–H and O–H groups in total. The Balaban J connectivity index is 1.99. The van der Waals surface area contributed by atoms with E-state index in [0.717, 1.165) is 0 Å². The van der Waals surface area contributed by atoms with Gasteiger partial charge >= 0.3 is 6.03 Å². The fourth-order valence-electron chi connectivity index (χ4n) is 1.58. The molecule has 2 aromatic carbocycles. The lowest BCUT2D eigenvalue weighted by molar-refractivity contribution is 0.262. The second kappa shape index (κ2) is 7.07. The fourth-order valence-corrected chi connectivity index (χ4v) is 2.07. The van der Waals surface area contributed by atoms with E-state index in [1.165, 1.54) is 12.0 Å². The molecule has 0 aliphatic carbocycles. The van der Waals surface area contributed by atoms with E-state index < -0.39 is 0 Å². The number of anilines is 2. The molecule has 2 amide bonds. The predicted octanol–water partition coefficient (Wildman–Crippen LogP) is 4.64. The van der Waals surface area contributed by atoms with Crippen LogP contribution in [0.3, 0.4) is 0 Å². The molecule has 0 radical (unpaired) electrons. The standard InChI is InChI=1S/C14H13ClN2O2S/c1-20-19-13-7-3-6-12(9-13)17-14(18)16-11-5-2-4-10(15)8-11/h2-9H,1H3,(H2,16,17,18). The van der Waals surface area contributed by atoms with E-state index in [-0.39, 0.29) is 6.03 Å². The third-order valence-electron chi connectivity index (χ3n) is 2.35. The molecule has 0 heterocycles. The van der Waals surface area contributed by atoms with E-state index >= 15 is 0 Å². The number of benzene rings is 2. The number of hydrogen-bond acceptors (Lipinski definition) is 3. The van der Waals surface area contributed by atoms with Crippen molar-refractivity contribution in [2.75, 3.05) is 16.9 Å². The van der Waals surface area contributed by atoms with E-state index in [1.54, 1.807) is 42.5 Å². The summed E-state index contributed by atoms with van der Waals surface area (Å²) in [4.78, 5) is 11.9. The zero-order valence-electron chi connectivity index (χ0n) is 10.7. The fraction of sp³-hybridized carbons (Fsp3) is 0.0714. The van der Waals surface area contributed by atoms with Crippen molar-refractivity contribution in [3.63, 3.8) is 0 Å². The van der Waals surface area contributed by atoms with Crippen LogP contribution in [0.2, 0.25) is 5.02 Å². The van der Waals surface area contributed by atoms with Crippen molar-refractivity contribution in [1.82, 2.24) is 0 Å². The molecule has 2 aromatic rings. The number of carbonyl (C=O) groups is 1. The largest absolute Gasteiger partial charge is 0.426 e. The average molecular weight is 309 g/mol. The van der Waals surface area contributed by atoms with Gasteiger partial charge in [0.25, 0.3) is 0 Å². The summed E-state index contributed by atoms with van der Waals surface area (Å²) >= 11 is 7.10. The molecular formula is C14H13ClN2O2S. The SMILES string of the molecule is CSOc1cccc(NC(=O)Nc2cccc(Cl)c2)c1. The van der Waals surface area contributed by atoms with Gasteiger partial charge in [0, 0.05) is 28.7 Å². The molecule has 0 bridgehead atoms. The zero-order valence-corrected chi connectivity index (χ0v) is 12.3. The minimum absolute atomic E-state index is 0.339. The lowest BCUT2D eigenvalue weighted by atomic mass is 10.3. The number of hydrogen-bond donors (Lipinski definition) is 2. The summed E-state index contributed by atoms with van der Waals surface area (Å²) in [6, 6.07) is 13.8. The molecule has 0 aromatic heterocycles. The molecule has 0 atom stereocenters. The highest BCUT2D eigenvalue weighted by atomic mass is 35.5. The molecule has 6 heteroatoms. The first kappa shape index (κ1) is 14.6. The van der Waals surface area contributed by atoms with Gasteiger partial charge in [-0.15, -0.1) is 0 Å². The highest BCUT2D eigenvalue weighted by molar-refractivity contribution is 7.94. The summed E-state index contributed by atoms with van der Waals surface area (Å²) < 4.78 is 5.29. The maximum atomic E-state index is 11.9. The topological polar surface area (TPSA) is 50.4 Å². The molecular weight excluding hydrogens is 296 g/mol. The minimum Gasteiger partial charge on any atom is -0.426 e. The molecule has 0 aliphatic heterocycles. The molecule has 4 nitrogen and oxygen atoms in total. The van der Waals surface area contributed by atoms with Crippen LogP contribution < -0.4 is 14.8 Å². The minimum atomic E-state index is -0.339. The summed E-state index contributed by atoms with van der Waals surface area (Å²) in [7, 11) is 0. The Morgan fingerprint density at radius 1 is 1.10 bits per heavy atom. The van der Waals surface area contributed by atoms with E-state index in [0.29, 0.717) is 22.1 Å². The number of urea groups is 1. The maximum Gasteiger partial charge on any atom is 0.323 e. The van der Waals surface area contributed by atoms with Gasteiger partial charge in [-0.1, -0.05) is 23.7 Å². The first-order valence-electron chi connectivity index (χ1n) is 5.81. The van der Waals surface area contributed by atoms with Gasteiger partial charge in [0.2, 0.25) is 0 Å². The highest BCUT2D eigenvalue weighted by Gasteiger charge is 2.04. The Labute approximate surface area is 126 Å². The number of nitrogens with one attached hydrogen (secondary N) is 2. The first-order valence-corrected chi connectivity index (χ1v) is 7.34. The van der Waals surface area contributed by atoms with Crippen LogP contribution in [0.15, 0.2) is 48.5 Å². The van der Waals surface area contributed by atoms with Gasteiger partial charge in [-0.05, 0) is 30.3 Å². The van der Waals surface area contributed by atoms with Crippen LogP contribution in [0.1, 0.15) is 0 Å². The highest BCUT2D eigenvalue weighted by Crippen LogP contribution is 2.20. The third kappa shape index (κ3) is 4.36. The van der Waals surface area contributed by atoms with Gasteiger partial charge in [-0.2, -0.15) is 0 Å². The molecule has 0 unspecified atom stereocenters. The summed E-state index contributed by atoms with van der Waals surface area (Å²) in [5.74, 6) is 0.679. The zero-order chi connectivity index (χ0) is 14.4. The summed E-state index contributed by atoms with van der Waals surface area (Å²) in [6.07, 6.45) is 1.83. The first-order chi connectivity index (χ1) is 9.67. The third-order valence-corrected chi connectivity index (χ3v) is 2.95. The van der Waals surface area contributed by atoms with Crippen molar-refractivity contribution in [1.29, 1.82) is 0 Å². The molecule has 2 rings (SSSR count). The summed E-state index contributed by atoms with van der Waals surface area (Å²) in [6.45, 7) is 0. The van der Waals surface area contributed by atoms with Crippen molar-refractivity contribution in [3.05, 3.63) is 53.6 Å². The van der Waals surface area contributed by atoms with Crippen LogP contribution in [0.5, 0.6) is 5.75 Å². The second-order valence-electron chi connectivity index (χ2n) is 3.87. The van der Waals surface area contributed by atoms with Crippen molar-refractivity contribution < 1.29 is 8.98 Å². The predicted molar refractivity (Wildman–Crippen MR) is 84.7 cm³/mol. The van der Waals surface area contributed by atoms with Crippen molar-refractivity contribution >= 4 is 41.0 Å². The van der Waals surface area contributed by atoms with Gasteiger partial charge in [0.15, 0.2) is 0 Å². The summed E-state index contributed by atoms with van der Waals surface area (Å²) in [5, 5.41) is 6.00. The van der Waals surface area contributed by atoms with Gasteiger partial charge in [0.1, 0.15) is 5.75 Å². The Bertz CT molecular complexity index is 607. The Morgan fingerprint density at radius 2 is 1.75 bits per heavy atom. The maximum absolute atomic E-state index is 11.9. The lowest BCUT2D eigenvalue weighted by Gasteiger charge is -2.09. The number of amides is 2. The number of halogens is 1. The van der Waals surface area contributed by atoms with Crippen LogP contribution >= 0.6 is 23.6 Å². The van der Waals surface area contributed by atoms with Crippen LogP contribution in [-0.2, 0) is 0 Å². The lowest BCUT2D eigenvalue weighted by Crippen LogP contribution is -2.19. The van der Waals surface area contributed by atoms with E-state index in [1.807, 2.05) is 12.3 Å². The normalized spacial score (nSPS) is 9.90. The van der Waals surface area contributed by atoms with E-state index in [2.05, 4.69) is 10.6 Å². The van der Waals surface area contributed by atoms with Gasteiger partial charge in [0.05, 0.1) is 12.0 Å². The van der Waals surface area contributed by atoms with E-state index in [9.17, 15) is 4.79 Å². The Hall–Kier alpha value is -1.85. The number of rotatable bonds is 4. The van der Waals surface area contributed by atoms with Gasteiger partial charge < -0.3 is 14.8 Å². The van der Waals surface area contributed by atoms with Gasteiger partial charge in [-0.25, -0.2) is 4.79 Å². The van der Waals surface area contributed by atoms with Gasteiger partial charge in [-0.3, -0.25) is 0 Å². The quantitative estimate of drug-likeness (QED) is 0.809. The monoisotopic (exact) mass is 308 g/mol. The molecule has 104 valence electrons. The molecule has 0 saturated heterocycles. The molecule has 20 heavy (non-hydrogen) atoms. The molecule has 0 saturated carbocycles. The van der Waals surface area contributed by atoms with Crippen LogP contribution in [0, 0.1) is 0 Å². The Kier molecular flexibility index (Phi) is 5.15. The number of carbonyl (C=O) groups excluding carboxylic acids is 1. The molecule has 0 fully saturated rings. The van der Waals surface area contributed by atoms with Crippen LogP contribution in [0.25, 0.3) is 0 Å². The van der Waals surface area contributed by atoms with Crippen molar-refractivity contribution in [3.8, 4) is 5.75 Å². The van der Waals surface area contributed by atoms with Crippen molar-refractivity contribution in [2.24, 2.45) is 0 Å². The van der Waals surface area contributed by atoms with Crippen LogP contribution in [-0.4, -0.2) is 12.3 Å². The van der Waals surface area contributed by atoms with Crippen LogP contribution in [0.4, 0.5) is 16.2 Å². The second-order valence-corrected chi connectivity index (χ2v) is 4.80. The van der Waals surface area contributed by atoms with Crippen molar-refractivity contribution in [2.45, 2.75) is 0 Å². The molecule has 0 aliphatic rings. The molecule has 0 spiro atoms. The smallest absolute Gasteiger partial charge is 0.323 e. The summed E-state index contributed by atoms with van der Waals surface area (Å²) in [5.41, 5.74) is 1.28. The van der Waals surface area contributed by atoms with E-state index in [4.69, 9.17) is 15.8 Å². The Morgan fingerprint density at radius 3 is 2.40 bits per heavy atom.